The summed E-state index contributed by atoms with van der Waals surface area (Å²) < 4.78 is 26.8. The van der Waals surface area contributed by atoms with Crippen LogP contribution in [0.4, 0.5) is 8.78 Å². The zero-order chi connectivity index (χ0) is 9.53. The Morgan fingerprint density at radius 3 is 2.33 bits per heavy atom. The average molecular weight is 260 g/mol. The summed E-state index contributed by atoms with van der Waals surface area (Å²) in [5, 5.41) is 0. The van der Waals surface area contributed by atoms with Gasteiger partial charge in [0.05, 0.1) is 6.33 Å². The van der Waals surface area contributed by atoms with Gasteiger partial charge in [0.15, 0.2) is 0 Å². The maximum absolute atomic E-state index is 12.6. The molecule has 1 aliphatic carbocycles. The van der Waals surface area contributed by atoms with Gasteiger partial charge in [-0.2, -0.15) is 0 Å². The van der Waals surface area contributed by atoms with Gasteiger partial charge in [-0.25, -0.2) is 13.8 Å². The third kappa shape index (κ3) is 3.29. The van der Waals surface area contributed by atoms with Gasteiger partial charge in [-0.3, -0.25) is 0 Å². The van der Waals surface area contributed by atoms with Crippen LogP contribution in [0.25, 0.3) is 0 Å². The van der Waals surface area contributed by atoms with E-state index in [0.29, 0.717) is 6.54 Å². The fourth-order valence-electron chi connectivity index (χ4n) is 1.83. The Bertz CT molecular complexity index is 295. The minimum Gasteiger partial charge on any atom is -0.336 e. The number of rotatable bonds is 2. The highest BCUT2D eigenvalue weighted by Gasteiger charge is 2.54. The molecule has 15 heavy (non-hydrogen) atoms. The summed E-state index contributed by atoms with van der Waals surface area (Å²) in [6.07, 6.45) is 4.48. The second-order valence-corrected chi connectivity index (χ2v) is 3.81. The minimum absolute atomic E-state index is 0. The van der Waals surface area contributed by atoms with E-state index in [4.69, 9.17) is 5.73 Å². The predicted octanol–water partition coefficient (Wildman–Crippen LogP) is 1.85. The molecule has 0 radical (unpaired) electrons. The highest BCUT2D eigenvalue weighted by atomic mass is 35.5. The summed E-state index contributed by atoms with van der Waals surface area (Å²) in [5.41, 5.74) is 5.00. The van der Waals surface area contributed by atoms with Crippen LogP contribution in [0.3, 0.4) is 0 Å². The van der Waals surface area contributed by atoms with Crippen LogP contribution in [0.15, 0.2) is 18.7 Å². The van der Waals surface area contributed by atoms with Crippen molar-refractivity contribution in [2.75, 3.05) is 0 Å². The van der Waals surface area contributed by atoms with E-state index in [1.807, 2.05) is 0 Å². The van der Waals surface area contributed by atoms with Gasteiger partial charge in [-0.05, 0) is 0 Å². The number of halogens is 4. The lowest BCUT2D eigenvalue weighted by atomic mass is 9.74. The van der Waals surface area contributed by atoms with Crippen molar-refractivity contribution in [1.29, 1.82) is 0 Å². The van der Waals surface area contributed by atoms with E-state index in [1.54, 1.807) is 23.3 Å². The van der Waals surface area contributed by atoms with Crippen molar-refractivity contribution < 1.29 is 8.78 Å². The topological polar surface area (TPSA) is 43.8 Å². The van der Waals surface area contributed by atoms with Crippen molar-refractivity contribution in [2.24, 2.45) is 5.73 Å². The molecule has 2 rings (SSSR count). The van der Waals surface area contributed by atoms with E-state index < -0.39 is 11.5 Å². The first-order valence-electron chi connectivity index (χ1n) is 4.12. The van der Waals surface area contributed by atoms with Gasteiger partial charge in [-0.15, -0.1) is 24.8 Å². The Kier molecular flexibility index (Phi) is 4.51. The van der Waals surface area contributed by atoms with Gasteiger partial charge in [0.1, 0.15) is 0 Å². The first kappa shape index (κ1) is 14.6. The summed E-state index contributed by atoms with van der Waals surface area (Å²) in [7, 11) is 0. The summed E-state index contributed by atoms with van der Waals surface area (Å²) in [6.45, 7) is 0.419. The number of aromatic nitrogens is 2. The quantitative estimate of drug-likeness (QED) is 0.881. The van der Waals surface area contributed by atoms with E-state index in [-0.39, 0.29) is 37.7 Å². The number of hydrogen-bond acceptors (Lipinski definition) is 2. The molecule has 1 saturated carbocycles. The van der Waals surface area contributed by atoms with Crippen LogP contribution in [0.1, 0.15) is 12.8 Å². The van der Waals surface area contributed by atoms with E-state index in [9.17, 15) is 8.78 Å². The maximum atomic E-state index is 12.6. The molecule has 3 nitrogen and oxygen atoms in total. The van der Waals surface area contributed by atoms with Crippen molar-refractivity contribution >= 4 is 24.8 Å². The molecule has 0 aromatic carbocycles. The second-order valence-electron chi connectivity index (χ2n) is 3.81. The fraction of sp³-hybridized carbons (Fsp3) is 0.625. The van der Waals surface area contributed by atoms with Crippen LogP contribution in [0.2, 0.25) is 0 Å². The lowest BCUT2D eigenvalue weighted by molar-refractivity contribution is -0.126. The predicted molar refractivity (Wildman–Crippen MR) is 57.8 cm³/mol. The van der Waals surface area contributed by atoms with Crippen LogP contribution in [-0.2, 0) is 6.54 Å². The minimum atomic E-state index is -2.56. The Morgan fingerprint density at radius 2 is 1.93 bits per heavy atom. The zero-order valence-corrected chi connectivity index (χ0v) is 9.53. The van der Waals surface area contributed by atoms with E-state index in [2.05, 4.69) is 4.98 Å². The molecule has 1 aliphatic rings. The average Bonchev–Trinajstić information content (AvgIpc) is 2.33. The Morgan fingerprint density at radius 1 is 1.33 bits per heavy atom. The molecule has 1 aromatic rings. The Balaban J connectivity index is 0.000000980. The molecule has 0 unspecified atom stereocenters. The van der Waals surface area contributed by atoms with E-state index in [1.165, 1.54) is 0 Å². The third-order valence-electron chi connectivity index (χ3n) is 2.28. The molecular weight excluding hydrogens is 247 g/mol. The van der Waals surface area contributed by atoms with Crippen molar-refractivity contribution in [3.63, 3.8) is 0 Å². The molecule has 0 saturated heterocycles. The van der Waals surface area contributed by atoms with Crippen molar-refractivity contribution in [2.45, 2.75) is 30.8 Å². The molecule has 0 spiro atoms. The molecule has 0 atom stereocenters. The fourth-order valence-corrected chi connectivity index (χ4v) is 1.83. The van der Waals surface area contributed by atoms with Crippen LogP contribution in [0.5, 0.6) is 0 Å². The van der Waals surface area contributed by atoms with E-state index >= 15 is 0 Å². The third-order valence-corrected chi connectivity index (χ3v) is 2.28. The largest absolute Gasteiger partial charge is 0.336 e. The molecule has 1 aromatic heterocycles. The van der Waals surface area contributed by atoms with Gasteiger partial charge in [-0.1, -0.05) is 0 Å². The van der Waals surface area contributed by atoms with Gasteiger partial charge < -0.3 is 10.3 Å². The van der Waals surface area contributed by atoms with Gasteiger partial charge in [0.25, 0.3) is 5.92 Å². The van der Waals surface area contributed by atoms with Gasteiger partial charge in [0, 0.05) is 37.3 Å². The molecule has 1 heterocycles. The Hall–Kier alpha value is -0.390. The molecule has 88 valence electrons. The summed E-state index contributed by atoms with van der Waals surface area (Å²) in [4.78, 5) is 3.82. The van der Waals surface area contributed by atoms with Gasteiger partial charge in [0.2, 0.25) is 0 Å². The van der Waals surface area contributed by atoms with Crippen LogP contribution in [-0.4, -0.2) is 21.0 Å². The SMILES string of the molecule is Cl.Cl.NC1(Cn2ccnc2)CC(F)(F)C1. The molecular formula is C8H13Cl2F2N3. The first-order valence-corrected chi connectivity index (χ1v) is 4.12. The van der Waals surface area contributed by atoms with Crippen molar-refractivity contribution in [3.05, 3.63) is 18.7 Å². The Labute approximate surface area is 98.9 Å². The monoisotopic (exact) mass is 259 g/mol. The molecule has 0 bridgehead atoms. The van der Waals surface area contributed by atoms with Crippen LogP contribution in [0, 0.1) is 0 Å². The standard InChI is InChI=1S/C8H11F2N3.2ClH/c9-8(10)3-7(11,4-8)5-13-2-1-12-6-13;;/h1-2,6H,3-5,11H2;2*1H. The maximum Gasteiger partial charge on any atom is 0.251 e. The first-order chi connectivity index (χ1) is 5.99. The van der Waals surface area contributed by atoms with Crippen molar-refractivity contribution in [3.8, 4) is 0 Å². The number of hydrogen-bond donors (Lipinski definition) is 1. The highest BCUT2D eigenvalue weighted by Crippen LogP contribution is 2.44. The second kappa shape index (κ2) is 4.63. The number of nitrogens with zero attached hydrogens (tertiary/aromatic N) is 2. The van der Waals surface area contributed by atoms with Gasteiger partial charge >= 0.3 is 0 Å². The molecule has 0 aliphatic heterocycles. The lowest BCUT2D eigenvalue weighted by Crippen LogP contribution is -2.60. The van der Waals surface area contributed by atoms with E-state index in [0.717, 1.165) is 0 Å². The zero-order valence-electron chi connectivity index (χ0n) is 7.90. The highest BCUT2D eigenvalue weighted by molar-refractivity contribution is 5.85. The summed E-state index contributed by atoms with van der Waals surface area (Å²) >= 11 is 0. The lowest BCUT2D eigenvalue weighted by Gasteiger charge is -2.44. The summed E-state index contributed by atoms with van der Waals surface area (Å²) in [5.74, 6) is -2.56. The molecule has 2 N–H and O–H groups in total. The normalized spacial score (nSPS) is 20.7. The van der Waals surface area contributed by atoms with Crippen LogP contribution >= 0.6 is 24.8 Å². The van der Waals surface area contributed by atoms with Crippen LogP contribution < -0.4 is 5.73 Å². The number of alkyl halides is 2. The number of nitrogens with two attached hydrogens (primary N) is 1. The van der Waals surface area contributed by atoms with Crippen molar-refractivity contribution in [1.82, 2.24) is 9.55 Å². The summed E-state index contributed by atoms with van der Waals surface area (Å²) in [6, 6.07) is 0. The molecule has 7 heteroatoms. The molecule has 0 amide bonds. The molecule has 1 fully saturated rings. The smallest absolute Gasteiger partial charge is 0.251 e. The number of imidazole rings is 1.